The summed E-state index contributed by atoms with van der Waals surface area (Å²) >= 11 is 5.22. The number of amides is 1. The average Bonchev–Trinajstić information content (AvgIpc) is 2.52. The van der Waals surface area contributed by atoms with Crippen LogP contribution >= 0.6 is 12.2 Å². The molecule has 22 heavy (non-hydrogen) atoms. The molecule has 1 heterocycles. The Labute approximate surface area is 134 Å². The molecule has 1 aliphatic heterocycles. The summed E-state index contributed by atoms with van der Waals surface area (Å²) in [5.41, 5.74) is 2.05. The molecule has 0 radical (unpaired) electrons. The zero-order valence-electron chi connectivity index (χ0n) is 12.9. The van der Waals surface area contributed by atoms with Gasteiger partial charge in [-0.2, -0.15) is 0 Å². The molecule has 0 fully saturated rings. The summed E-state index contributed by atoms with van der Waals surface area (Å²) in [6.45, 7) is 1.82. The largest absolute Gasteiger partial charge is 0.497 e. The molecule has 1 aromatic rings. The summed E-state index contributed by atoms with van der Waals surface area (Å²) in [6.07, 6.45) is 0. The highest BCUT2D eigenvalue weighted by Gasteiger charge is 2.31. The molecule has 0 aliphatic carbocycles. The van der Waals surface area contributed by atoms with Crippen LogP contribution in [-0.2, 0) is 4.79 Å². The Bertz CT molecular complexity index is 643. The zero-order valence-corrected chi connectivity index (χ0v) is 13.8. The summed E-state index contributed by atoms with van der Waals surface area (Å²) in [5.74, 6) is 1.14. The molecular formula is C15H19N3O3S. The lowest BCUT2D eigenvalue weighted by Crippen LogP contribution is -2.46. The molecule has 0 unspecified atom stereocenters. The average molecular weight is 321 g/mol. The molecule has 0 saturated heterocycles. The lowest BCUT2D eigenvalue weighted by molar-refractivity contribution is -0.117. The number of ether oxygens (including phenoxy) is 2. The van der Waals surface area contributed by atoms with Crippen LogP contribution in [0.3, 0.4) is 0 Å². The molecule has 1 atom stereocenters. The van der Waals surface area contributed by atoms with Gasteiger partial charge in [0.15, 0.2) is 5.11 Å². The van der Waals surface area contributed by atoms with Gasteiger partial charge in [0.1, 0.15) is 11.5 Å². The van der Waals surface area contributed by atoms with Crippen molar-refractivity contribution in [2.75, 3.05) is 21.3 Å². The van der Waals surface area contributed by atoms with Crippen molar-refractivity contribution < 1.29 is 14.3 Å². The molecule has 0 spiro atoms. The van der Waals surface area contributed by atoms with E-state index in [0.717, 1.165) is 5.56 Å². The van der Waals surface area contributed by atoms with E-state index in [2.05, 4.69) is 16.0 Å². The van der Waals surface area contributed by atoms with Crippen LogP contribution in [0.4, 0.5) is 0 Å². The Morgan fingerprint density at radius 2 is 2.05 bits per heavy atom. The Morgan fingerprint density at radius 3 is 2.64 bits per heavy atom. The SMILES string of the molecule is CNC(=O)C1=C(C)NC(=S)N[C@H]1c1cc(OC)ccc1OC. The maximum Gasteiger partial charge on any atom is 0.251 e. The summed E-state index contributed by atoms with van der Waals surface area (Å²) in [5, 5.41) is 9.21. The topological polar surface area (TPSA) is 71.6 Å². The van der Waals surface area contributed by atoms with Crippen molar-refractivity contribution >= 4 is 23.2 Å². The van der Waals surface area contributed by atoms with E-state index in [1.807, 2.05) is 13.0 Å². The molecule has 6 nitrogen and oxygen atoms in total. The predicted molar refractivity (Wildman–Crippen MR) is 87.9 cm³/mol. The van der Waals surface area contributed by atoms with Gasteiger partial charge in [-0.25, -0.2) is 0 Å². The number of likely N-dealkylation sites (N-methyl/N-ethyl adjacent to an activating group) is 1. The second-order valence-electron chi connectivity index (χ2n) is 4.76. The van der Waals surface area contributed by atoms with Gasteiger partial charge in [0.2, 0.25) is 0 Å². The fourth-order valence-corrected chi connectivity index (χ4v) is 2.70. The number of carbonyl (C=O) groups excluding carboxylic acids is 1. The minimum Gasteiger partial charge on any atom is -0.497 e. The van der Waals surface area contributed by atoms with Crippen LogP contribution in [0.1, 0.15) is 18.5 Å². The number of carbonyl (C=O) groups is 1. The van der Waals surface area contributed by atoms with Crippen LogP contribution in [0, 0.1) is 0 Å². The summed E-state index contributed by atoms with van der Waals surface area (Å²) in [6, 6.07) is 5.02. The Morgan fingerprint density at radius 1 is 1.32 bits per heavy atom. The highest BCUT2D eigenvalue weighted by Crippen LogP contribution is 2.35. The first-order chi connectivity index (χ1) is 10.5. The monoisotopic (exact) mass is 321 g/mol. The number of nitrogens with one attached hydrogen (secondary N) is 3. The molecule has 7 heteroatoms. The van der Waals surface area contributed by atoms with Gasteiger partial charge < -0.3 is 25.4 Å². The van der Waals surface area contributed by atoms with Crippen molar-refractivity contribution in [3.8, 4) is 11.5 Å². The molecule has 1 aliphatic rings. The maximum absolute atomic E-state index is 12.3. The van der Waals surface area contributed by atoms with E-state index in [1.165, 1.54) is 0 Å². The Balaban J connectivity index is 2.59. The highest BCUT2D eigenvalue weighted by molar-refractivity contribution is 7.80. The molecule has 0 bridgehead atoms. The maximum atomic E-state index is 12.3. The van der Waals surface area contributed by atoms with Crippen molar-refractivity contribution in [2.45, 2.75) is 13.0 Å². The van der Waals surface area contributed by atoms with Gasteiger partial charge in [-0.3, -0.25) is 4.79 Å². The van der Waals surface area contributed by atoms with Crippen molar-refractivity contribution in [1.29, 1.82) is 0 Å². The molecular weight excluding hydrogens is 302 g/mol. The first-order valence-corrected chi connectivity index (χ1v) is 7.15. The standard InChI is InChI=1S/C15H19N3O3S/c1-8-12(14(19)16-2)13(18-15(22)17-8)10-7-9(20-3)5-6-11(10)21-4/h5-7,13H,1-4H3,(H,16,19)(H2,17,18,22)/t13-/m0/s1. The normalized spacial score (nSPS) is 17.5. The number of hydrogen-bond donors (Lipinski definition) is 3. The minimum absolute atomic E-state index is 0.185. The Hall–Kier alpha value is -2.28. The van der Waals surface area contributed by atoms with Crippen molar-refractivity contribution in [3.63, 3.8) is 0 Å². The smallest absolute Gasteiger partial charge is 0.251 e. The molecule has 1 amide bonds. The van der Waals surface area contributed by atoms with E-state index in [9.17, 15) is 4.79 Å². The highest BCUT2D eigenvalue weighted by atomic mass is 32.1. The number of benzene rings is 1. The summed E-state index contributed by atoms with van der Waals surface area (Å²) < 4.78 is 10.7. The second-order valence-corrected chi connectivity index (χ2v) is 5.17. The van der Waals surface area contributed by atoms with Crippen molar-refractivity contribution in [2.24, 2.45) is 0 Å². The van der Waals surface area contributed by atoms with E-state index < -0.39 is 6.04 Å². The predicted octanol–water partition coefficient (Wildman–Crippen LogP) is 1.24. The molecule has 118 valence electrons. The van der Waals surface area contributed by atoms with Crippen molar-refractivity contribution in [1.82, 2.24) is 16.0 Å². The van der Waals surface area contributed by atoms with Crippen LogP contribution in [0.15, 0.2) is 29.5 Å². The lowest BCUT2D eigenvalue weighted by atomic mass is 9.94. The number of rotatable bonds is 4. The molecule has 3 N–H and O–H groups in total. The van der Waals surface area contributed by atoms with Crippen LogP contribution in [0.25, 0.3) is 0 Å². The zero-order chi connectivity index (χ0) is 16.3. The van der Waals surface area contributed by atoms with Crippen LogP contribution < -0.4 is 25.4 Å². The van der Waals surface area contributed by atoms with Gasteiger partial charge >= 0.3 is 0 Å². The molecule has 0 aromatic heterocycles. The first kappa shape index (κ1) is 16.1. The van der Waals surface area contributed by atoms with Gasteiger partial charge in [-0.05, 0) is 37.3 Å². The van der Waals surface area contributed by atoms with E-state index in [0.29, 0.717) is 27.9 Å². The second kappa shape index (κ2) is 6.65. The number of hydrogen-bond acceptors (Lipinski definition) is 4. The third kappa shape index (κ3) is 2.99. The third-order valence-corrected chi connectivity index (χ3v) is 3.71. The van der Waals surface area contributed by atoms with Crippen LogP contribution in [0.2, 0.25) is 0 Å². The van der Waals surface area contributed by atoms with E-state index in [4.69, 9.17) is 21.7 Å². The quantitative estimate of drug-likeness (QED) is 0.725. The van der Waals surface area contributed by atoms with Gasteiger partial charge in [0, 0.05) is 18.3 Å². The van der Waals surface area contributed by atoms with Gasteiger partial charge in [-0.15, -0.1) is 0 Å². The van der Waals surface area contributed by atoms with Gasteiger partial charge in [0.05, 0.1) is 25.8 Å². The summed E-state index contributed by atoms with van der Waals surface area (Å²) in [4.78, 5) is 12.3. The number of methoxy groups -OCH3 is 2. The van der Waals surface area contributed by atoms with Gasteiger partial charge in [0.25, 0.3) is 5.91 Å². The van der Waals surface area contributed by atoms with Gasteiger partial charge in [-0.1, -0.05) is 0 Å². The third-order valence-electron chi connectivity index (χ3n) is 3.49. The minimum atomic E-state index is -0.418. The molecule has 0 saturated carbocycles. The first-order valence-electron chi connectivity index (χ1n) is 6.74. The van der Waals surface area contributed by atoms with Crippen LogP contribution in [0.5, 0.6) is 11.5 Å². The number of thiocarbonyl (C=S) groups is 1. The fraction of sp³-hybridized carbons (Fsp3) is 0.333. The van der Waals surface area contributed by atoms with E-state index in [1.54, 1.807) is 33.4 Å². The number of allylic oxidation sites excluding steroid dienone is 1. The van der Waals surface area contributed by atoms with E-state index >= 15 is 0 Å². The lowest BCUT2D eigenvalue weighted by Gasteiger charge is -2.31. The van der Waals surface area contributed by atoms with Crippen LogP contribution in [-0.4, -0.2) is 32.3 Å². The Kier molecular flexibility index (Phi) is 4.87. The fourth-order valence-electron chi connectivity index (χ4n) is 2.43. The molecule has 2 rings (SSSR count). The molecule has 1 aromatic carbocycles. The van der Waals surface area contributed by atoms with E-state index in [-0.39, 0.29) is 5.91 Å². The summed E-state index contributed by atoms with van der Waals surface area (Å²) in [7, 11) is 4.77. The van der Waals surface area contributed by atoms with Crippen molar-refractivity contribution in [3.05, 3.63) is 35.0 Å².